The SMILES string of the molecule is Bc1cc(Cl)cc2c1c(C(=O)NCC13CCC(CC1)CC3)cn2CC. The first kappa shape index (κ1) is 17.0. The third-order valence-corrected chi connectivity index (χ3v) is 6.82. The highest BCUT2D eigenvalue weighted by molar-refractivity contribution is 6.42. The quantitative estimate of drug-likeness (QED) is 0.838. The van der Waals surface area contributed by atoms with Crippen LogP contribution in [0.2, 0.25) is 5.02 Å². The second kappa shape index (κ2) is 6.39. The summed E-state index contributed by atoms with van der Waals surface area (Å²) in [6.45, 7) is 3.75. The average Bonchev–Trinajstić information content (AvgIpc) is 3.00. The van der Waals surface area contributed by atoms with Gasteiger partial charge in [-0.05, 0) is 68.9 Å². The minimum absolute atomic E-state index is 0.0599. The fourth-order valence-corrected chi connectivity index (χ4v) is 5.26. The van der Waals surface area contributed by atoms with E-state index in [1.54, 1.807) is 0 Å². The second-order valence-corrected chi connectivity index (χ2v) is 8.55. The average molecular weight is 357 g/mol. The molecule has 5 rings (SSSR count). The van der Waals surface area contributed by atoms with Crippen LogP contribution in [0, 0.1) is 11.3 Å². The van der Waals surface area contributed by atoms with Crippen LogP contribution < -0.4 is 10.8 Å². The summed E-state index contributed by atoms with van der Waals surface area (Å²) in [6, 6.07) is 3.91. The second-order valence-electron chi connectivity index (χ2n) is 8.11. The predicted octanol–water partition coefficient (Wildman–Crippen LogP) is 3.27. The molecule has 0 saturated heterocycles. The highest BCUT2D eigenvalue weighted by Crippen LogP contribution is 2.49. The molecule has 132 valence electrons. The molecular formula is C20H26BClN2O. The topological polar surface area (TPSA) is 34.0 Å². The fourth-order valence-electron chi connectivity index (χ4n) is 4.99. The van der Waals surface area contributed by atoms with Crippen LogP contribution in [0.4, 0.5) is 0 Å². The normalized spacial score (nSPS) is 25.4. The molecule has 1 N–H and O–H groups in total. The van der Waals surface area contributed by atoms with Crippen LogP contribution in [-0.4, -0.2) is 24.9 Å². The van der Waals surface area contributed by atoms with Gasteiger partial charge in [-0.15, -0.1) is 0 Å². The fraction of sp³-hybridized carbons (Fsp3) is 0.550. The van der Waals surface area contributed by atoms with Gasteiger partial charge in [0.2, 0.25) is 0 Å². The highest BCUT2D eigenvalue weighted by atomic mass is 35.5. The lowest BCUT2D eigenvalue weighted by Gasteiger charge is -2.46. The van der Waals surface area contributed by atoms with Crippen molar-refractivity contribution in [2.24, 2.45) is 11.3 Å². The third kappa shape index (κ3) is 2.99. The predicted molar refractivity (Wildman–Crippen MR) is 107 cm³/mol. The van der Waals surface area contributed by atoms with Gasteiger partial charge in [0.15, 0.2) is 0 Å². The molecule has 0 atom stereocenters. The Kier molecular flexibility index (Phi) is 4.35. The van der Waals surface area contributed by atoms with Crippen molar-refractivity contribution in [1.82, 2.24) is 9.88 Å². The number of aromatic nitrogens is 1. The Bertz CT molecular complexity index is 807. The number of nitrogens with one attached hydrogen (secondary N) is 1. The smallest absolute Gasteiger partial charge is 0.253 e. The standard InChI is InChI=1S/C20H26BClN2O/c1-2-24-11-15(18-16(21)9-14(22)10-17(18)24)19(25)23-12-20-6-3-13(4-7-20)5-8-20/h9-11,13H,2-8,12,21H2,1H3,(H,23,25). The number of aryl methyl sites for hydroxylation is 1. The first-order valence-electron chi connectivity index (χ1n) is 9.58. The van der Waals surface area contributed by atoms with E-state index in [1.165, 1.54) is 38.5 Å². The number of halogens is 1. The van der Waals surface area contributed by atoms with E-state index in [-0.39, 0.29) is 5.91 Å². The van der Waals surface area contributed by atoms with Gasteiger partial charge in [-0.2, -0.15) is 0 Å². The summed E-state index contributed by atoms with van der Waals surface area (Å²) >= 11 is 6.23. The van der Waals surface area contributed by atoms with Crippen molar-refractivity contribution in [3.8, 4) is 0 Å². The molecule has 3 fully saturated rings. The van der Waals surface area contributed by atoms with Crippen molar-refractivity contribution in [1.29, 1.82) is 0 Å². The summed E-state index contributed by atoms with van der Waals surface area (Å²) in [6.07, 6.45) is 9.88. The van der Waals surface area contributed by atoms with Crippen LogP contribution in [0.5, 0.6) is 0 Å². The number of carbonyl (C=O) groups is 1. The molecule has 0 unspecified atom stereocenters. The summed E-state index contributed by atoms with van der Waals surface area (Å²) < 4.78 is 2.12. The summed E-state index contributed by atoms with van der Waals surface area (Å²) in [5.41, 5.74) is 3.25. The van der Waals surface area contributed by atoms with Gasteiger partial charge in [-0.25, -0.2) is 0 Å². The van der Waals surface area contributed by atoms with E-state index in [4.69, 9.17) is 11.6 Å². The van der Waals surface area contributed by atoms with Crippen LogP contribution in [-0.2, 0) is 6.54 Å². The zero-order valence-corrected chi connectivity index (χ0v) is 16.0. The van der Waals surface area contributed by atoms with Crippen molar-refractivity contribution in [2.75, 3.05) is 6.54 Å². The van der Waals surface area contributed by atoms with Crippen molar-refractivity contribution < 1.29 is 4.79 Å². The Balaban J connectivity index is 1.60. The largest absolute Gasteiger partial charge is 0.351 e. The molecule has 5 heteroatoms. The number of nitrogens with zero attached hydrogens (tertiary/aromatic N) is 1. The maximum absolute atomic E-state index is 13.0. The van der Waals surface area contributed by atoms with E-state index in [2.05, 4.69) is 16.8 Å². The van der Waals surface area contributed by atoms with Crippen LogP contribution in [0.25, 0.3) is 10.9 Å². The van der Waals surface area contributed by atoms with Gasteiger partial charge in [0, 0.05) is 35.2 Å². The zero-order valence-electron chi connectivity index (χ0n) is 15.2. The summed E-state index contributed by atoms with van der Waals surface area (Å²) in [7, 11) is 2.03. The molecule has 3 aliphatic carbocycles. The van der Waals surface area contributed by atoms with Crippen LogP contribution in [0.1, 0.15) is 55.8 Å². The van der Waals surface area contributed by atoms with E-state index in [0.717, 1.165) is 46.0 Å². The molecule has 2 aromatic rings. The lowest BCUT2D eigenvalue weighted by molar-refractivity contribution is 0.0598. The number of benzene rings is 1. The molecule has 25 heavy (non-hydrogen) atoms. The summed E-state index contributed by atoms with van der Waals surface area (Å²) in [4.78, 5) is 13.0. The highest BCUT2D eigenvalue weighted by Gasteiger charge is 2.40. The third-order valence-electron chi connectivity index (χ3n) is 6.60. The Morgan fingerprint density at radius 3 is 2.64 bits per heavy atom. The maximum Gasteiger partial charge on any atom is 0.253 e. The van der Waals surface area contributed by atoms with E-state index >= 15 is 0 Å². The van der Waals surface area contributed by atoms with Gasteiger partial charge in [0.25, 0.3) is 5.91 Å². The number of rotatable bonds is 4. The number of amides is 1. The van der Waals surface area contributed by atoms with Crippen LogP contribution in [0.3, 0.4) is 0 Å². The molecule has 1 aromatic heterocycles. The lowest BCUT2D eigenvalue weighted by Crippen LogP contribution is -2.43. The zero-order chi connectivity index (χ0) is 17.6. The molecule has 1 amide bonds. The Hall–Kier alpha value is -1.42. The van der Waals surface area contributed by atoms with E-state index in [9.17, 15) is 4.79 Å². The van der Waals surface area contributed by atoms with E-state index in [0.29, 0.717) is 5.41 Å². The molecule has 0 aliphatic heterocycles. The Labute approximate surface area is 155 Å². The van der Waals surface area contributed by atoms with Gasteiger partial charge < -0.3 is 9.88 Å². The number of hydrogen-bond donors (Lipinski definition) is 1. The summed E-state index contributed by atoms with van der Waals surface area (Å²) in [5.74, 6) is 1.01. The first-order valence-corrected chi connectivity index (χ1v) is 9.96. The molecular weight excluding hydrogens is 330 g/mol. The molecule has 0 radical (unpaired) electrons. The van der Waals surface area contributed by atoms with Crippen molar-refractivity contribution >= 4 is 41.7 Å². The number of fused-ring (bicyclic) bond motifs is 4. The molecule has 2 bridgehead atoms. The minimum Gasteiger partial charge on any atom is -0.351 e. The van der Waals surface area contributed by atoms with E-state index < -0.39 is 0 Å². The van der Waals surface area contributed by atoms with Gasteiger partial charge in [0.05, 0.1) is 5.56 Å². The summed E-state index contributed by atoms with van der Waals surface area (Å²) in [5, 5.41) is 5.03. The van der Waals surface area contributed by atoms with Crippen LogP contribution in [0.15, 0.2) is 18.3 Å². The van der Waals surface area contributed by atoms with Gasteiger partial charge in [-0.3, -0.25) is 4.79 Å². The van der Waals surface area contributed by atoms with Gasteiger partial charge in [-0.1, -0.05) is 17.1 Å². The molecule has 1 aromatic carbocycles. The first-order chi connectivity index (χ1) is 12.0. The molecule has 0 spiro atoms. The van der Waals surface area contributed by atoms with Crippen LogP contribution >= 0.6 is 11.6 Å². The minimum atomic E-state index is 0.0599. The van der Waals surface area contributed by atoms with Crippen molar-refractivity contribution in [2.45, 2.75) is 52.0 Å². The van der Waals surface area contributed by atoms with Crippen molar-refractivity contribution in [3.05, 3.63) is 28.9 Å². The number of hydrogen-bond acceptors (Lipinski definition) is 1. The van der Waals surface area contributed by atoms with E-state index in [1.807, 2.05) is 26.2 Å². The number of carbonyl (C=O) groups excluding carboxylic acids is 1. The Morgan fingerprint density at radius 1 is 1.32 bits per heavy atom. The monoisotopic (exact) mass is 356 g/mol. The molecule has 3 saturated carbocycles. The Morgan fingerprint density at radius 2 is 2.00 bits per heavy atom. The van der Waals surface area contributed by atoms with Gasteiger partial charge in [0.1, 0.15) is 7.85 Å². The molecule has 3 aliphatic rings. The van der Waals surface area contributed by atoms with Crippen molar-refractivity contribution in [3.63, 3.8) is 0 Å². The maximum atomic E-state index is 13.0. The lowest BCUT2D eigenvalue weighted by atomic mass is 9.61. The van der Waals surface area contributed by atoms with Gasteiger partial charge >= 0.3 is 0 Å². The molecule has 3 nitrogen and oxygen atoms in total. The molecule has 1 heterocycles.